The molecule has 3 amide bonds. The fourth-order valence-electron chi connectivity index (χ4n) is 3.68. The number of likely N-dealkylation sites (tertiary alicyclic amines) is 1. The average Bonchev–Trinajstić information content (AvgIpc) is 2.84. The van der Waals surface area contributed by atoms with Crippen LogP contribution in [0, 0.1) is 5.92 Å². The van der Waals surface area contributed by atoms with E-state index in [1.54, 1.807) is 42.2 Å². The Bertz CT molecular complexity index is 1050. The van der Waals surface area contributed by atoms with Gasteiger partial charge in [-0.1, -0.05) is 29.3 Å². The van der Waals surface area contributed by atoms with Gasteiger partial charge in [0.05, 0.1) is 35.9 Å². The van der Waals surface area contributed by atoms with Crippen LogP contribution in [0.2, 0.25) is 10.0 Å². The highest BCUT2D eigenvalue weighted by molar-refractivity contribution is 6.32. The molecule has 0 atom stereocenters. The molecule has 182 valence electrons. The number of hydrogen-bond donors (Lipinski definition) is 2. The van der Waals surface area contributed by atoms with E-state index in [-0.39, 0.29) is 30.0 Å². The molecule has 3 rings (SSSR count). The maximum Gasteiger partial charge on any atom is 0.321 e. The van der Waals surface area contributed by atoms with E-state index in [4.69, 9.17) is 32.7 Å². The van der Waals surface area contributed by atoms with E-state index in [0.717, 1.165) is 5.56 Å². The van der Waals surface area contributed by atoms with Gasteiger partial charge in [-0.05, 0) is 55.7 Å². The van der Waals surface area contributed by atoms with E-state index in [1.165, 1.54) is 13.2 Å². The van der Waals surface area contributed by atoms with Crippen molar-refractivity contribution in [3.05, 3.63) is 57.6 Å². The van der Waals surface area contributed by atoms with Crippen molar-refractivity contribution in [1.82, 2.24) is 10.2 Å². The third-order valence-electron chi connectivity index (χ3n) is 5.54. The third-order valence-corrected chi connectivity index (χ3v) is 6.07. The molecule has 0 bridgehead atoms. The molecule has 0 aromatic heterocycles. The van der Waals surface area contributed by atoms with Gasteiger partial charge in [0.25, 0.3) is 5.91 Å². The molecule has 0 aliphatic carbocycles. The summed E-state index contributed by atoms with van der Waals surface area (Å²) in [6.45, 7) is 3.17. The van der Waals surface area contributed by atoms with Gasteiger partial charge in [-0.3, -0.25) is 9.59 Å². The summed E-state index contributed by atoms with van der Waals surface area (Å²) in [4.78, 5) is 39.2. The number of piperidine rings is 1. The summed E-state index contributed by atoms with van der Waals surface area (Å²) in [5.41, 5.74) is 1.37. The fraction of sp³-hybridized carbons (Fsp3) is 0.375. The molecule has 2 aromatic carbocycles. The van der Waals surface area contributed by atoms with Gasteiger partial charge >= 0.3 is 12.0 Å². The lowest BCUT2D eigenvalue weighted by atomic mass is 9.97. The van der Waals surface area contributed by atoms with Gasteiger partial charge in [0.2, 0.25) is 0 Å². The molecule has 1 heterocycles. The van der Waals surface area contributed by atoms with Gasteiger partial charge in [0.15, 0.2) is 0 Å². The van der Waals surface area contributed by atoms with Gasteiger partial charge in [0, 0.05) is 24.7 Å². The second kappa shape index (κ2) is 11.9. The smallest absolute Gasteiger partial charge is 0.321 e. The number of nitrogens with one attached hydrogen (secondary N) is 2. The summed E-state index contributed by atoms with van der Waals surface area (Å²) in [6, 6.07) is 9.57. The monoisotopic (exact) mass is 507 g/mol. The molecule has 8 nitrogen and oxygen atoms in total. The number of esters is 1. The Labute approximate surface area is 208 Å². The number of carbonyl (C=O) groups is 3. The zero-order chi connectivity index (χ0) is 24.7. The molecule has 0 spiro atoms. The quantitative estimate of drug-likeness (QED) is 0.527. The maximum atomic E-state index is 12.9. The second-order valence-corrected chi connectivity index (χ2v) is 8.63. The van der Waals surface area contributed by atoms with Crippen LogP contribution in [0.3, 0.4) is 0 Å². The lowest BCUT2D eigenvalue weighted by molar-refractivity contribution is -0.149. The van der Waals surface area contributed by atoms with Gasteiger partial charge in [-0.25, -0.2) is 4.79 Å². The topological polar surface area (TPSA) is 97.0 Å². The van der Waals surface area contributed by atoms with Crippen molar-refractivity contribution < 1.29 is 23.9 Å². The largest absolute Gasteiger partial charge is 0.495 e. The van der Waals surface area contributed by atoms with Gasteiger partial charge in [-0.15, -0.1) is 0 Å². The van der Waals surface area contributed by atoms with Crippen LogP contribution in [-0.4, -0.2) is 49.6 Å². The SMILES string of the molecule is CCOC(=O)C1CCN(C(=O)Nc2ccc(Cl)cc2C(=O)NCc2ccc(OC)c(Cl)c2)CC1. The standard InChI is InChI=1S/C24H27Cl2N3O5/c1-3-34-23(31)16-8-10-29(11-9-16)24(32)28-20-6-5-17(25)13-18(20)22(30)27-14-15-4-7-21(33-2)19(26)12-15/h4-7,12-13,16H,3,8-11,14H2,1-2H3,(H,27,30)(H,28,32). The molecule has 1 aliphatic heterocycles. The molecule has 0 unspecified atom stereocenters. The molecule has 34 heavy (non-hydrogen) atoms. The highest BCUT2D eigenvalue weighted by Gasteiger charge is 2.28. The molecule has 2 aromatic rings. The Hall–Kier alpha value is -2.97. The molecule has 10 heteroatoms. The molecule has 1 saturated heterocycles. The van der Waals surface area contributed by atoms with Crippen molar-refractivity contribution in [1.29, 1.82) is 0 Å². The van der Waals surface area contributed by atoms with Crippen LogP contribution in [0.25, 0.3) is 0 Å². The summed E-state index contributed by atoms with van der Waals surface area (Å²) < 4.78 is 10.2. The van der Waals surface area contributed by atoms with E-state index >= 15 is 0 Å². The lowest BCUT2D eigenvalue weighted by Crippen LogP contribution is -2.43. The van der Waals surface area contributed by atoms with E-state index in [2.05, 4.69) is 10.6 Å². The van der Waals surface area contributed by atoms with Crippen LogP contribution >= 0.6 is 23.2 Å². The molecule has 0 radical (unpaired) electrons. The number of rotatable bonds is 7. The molecular formula is C24H27Cl2N3O5. The van der Waals surface area contributed by atoms with Crippen molar-refractivity contribution in [2.24, 2.45) is 5.92 Å². The van der Waals surface area contributed by atoms with Crippen LogP contribution in [0.1, 0.15) is 35.7 Å². The Morgan fingerprint density at radius 2 is 1.82 bits per heavy atom. The minimum atomic E-state index is -0.397. The molecular weight excluding hydrogens is 481 g/mol. The first-order chi connectivity index (χ1) is 16.3. The Morgan fingerprint density at radius 1 is 1.09 bits per heavy atom. The number of amides is 3. The number of halogens is 2. The van der Waals surface area contributed by atoms with Crippen molar-refractivity contribution in [2.75, 3.05) is 32.1 Å². The zero-order valence-electron chi connectivity index (χ0n) is 19.0. The Kier molecular flexibility index (Phi) is 9.01. The summed E-state index contributed by atoms with van der Waals surface area (Å²) in [7, 11) is 1.53. The van der Waals surface area contributed by atoms with Crippen molar-refractivity contribution in [3.8, 4) is 5.75 Å². The second-order valence-electron chi connectivity index (χ2n) is 7.79. The summed E-state index contributed by atoms with van der Waals surface area (Å²) in [5, 5.41) is 6.42. The van der Waals surface area contributed by atoms with E-state index in [1.807, 2.05) is 0 Å². The number of urea groups is 1. The first-order valence-electron chi connectivity index (χ1n) is 10.9. The Balaban J connectivity index is 1.63. The van der Waals surface area contributed by atoms with Crippen LogP contribution in [0.5, 0.6) is 5.75 Å². The van der Waals surface area contributed by atoms with Crippen LogP contribution in [0.15, 0.2) is 36.4 Å². The Morgan fingerprint density at radius 3 is 2.47 bits per heavy atom. The number of nitrogens with zero attached hydrogens (tertiary/aromatic N) is 1. The minimum Gasteiger partial charge on any atom is -0.495 e. The molecule has 0 saturated carbocycles. The van der Waals surface area contributed by atoms with Gasteiger partial charge in [-0.2, -0.15) is 0 Å². The first-order valence-corrected chi connectivity index (χ1v) is 11.7. The summed E-state index contributed by atoms with van der Waals surface area (Å²) >= 11 is 12.3. The van der Waals surface area contributed by atoms with Crippen molar-refractivity contribution in [2.45, 2.75) is 26.3 Å². The van der Waals surface area contributed by atoms with E-state index in [0.29, 0.717) is 54.0 Å². The molecule has 1 fully saturated rings. The first kappa shape index (κ1) is 25.6. The number of ether oxygens (including phenoxy) is 2. The van der Waals surface area contributed by atoms with Gasteiger partial charge < -0.3 is 25.0 Å². The van der Waals surface area contributed by atoms with E-state index in [9.17, 15) is 14.4 Å². The van der Waals surface area contributed by atoms with Gasteiger partial charge in [0.1, 0.15) is 5.75 Å². The number of methoxy groups -OCH3 is 1. The van der Waals surface area contributed by atoms with E-state index < -0.39 is 5.91 Å². The molecule has 2 N–H and O–H groups in total. The van der Waals surface area contributed by atoms with Crippen LogP contribution in [-0.2, 0) is 16.1 Å². The van der Waals surface area contributed by atoms with Crippen LogP contribution < -0.4 is 15.4 Å². The van der Waals surface area contributed by atoms with Crippen molar-refractivity contribution >= 4 is 46.8 Å². The summed E-state index contributed by atoms with van der Waals surface area (Å²) in [5.74, 6) is -0.279. The fourth-order valence-corrected chi connectivity index (χ4v) is 4.14. The summed E-state index contributed by atoms with van der Waals surface area (Å²) in [6.07, 6.45) is 1.06. The lowest BCUT2D eigenvalue weighted by Gasteiger charge is -2.31. The number of benzene rings is 2. The highest BCUT2D eigenvalue weighted by Crippen LogP contribution is 2.26. The third kappa shape index (κ3) is 6.55. The normalized spacial score (nSPS) is 13.8. The predicted octanol–water partition coefficient (Wildman–Crippen LogP) is 4.74. The number of anilines is 1. The average molecular weight is 508 g/mol. The number of hydrogen-bond acceptors (Lipinski definition) is 5. The number of carbonyl (C=O) groups excluding carboxylic acids is 3. The van der Waals surface area contributed by atoms with Crippen molar-refractivity contribution in [3.63, 3.8) is 0 Å². The maximum absolute atomic E-state index is 12.9. The molecule has 1 aliphatic rings. The zero-order valence-corrected chi connectivity index (χ0v) is 20.5. The van der Waals surface area contributed by atoms with Crippen LogP contribution in [0.4, 0.5) is 10.5 Å². The minimum absolute atomic E-state index is 0.202. The predicted molar refractivity (Wildman–Crippen MR) is 131 cm³/mol. The highest BCUT2D eigenvalue weighted by atomic mass is 35.5.